The first-order valence-corrected chi connectivity index (χ1v) is 8.40. The smallest absolute Gasteiger partial charge is 0.257 e. The van der Waals surface area contributed by atoms with E-state index in [1.54, 1.807) is 11.1 Å². The number of benzene rings is 1. The number of para-hydroxylation sites is 1. The standard InChI is InChI=1S/C19H24N4O/c1-14-18(11-20-15(2)21-14)19(24)22(3)12-16-9-10-23(13-16)17-7-5-4-6-8-17/h4-8,11,16H,9-10,12-13H2,1-3H3/t16-/m0/s1. The van der Waals surface area contributed by atoms with E-state index in [2.05, 4.69) is 39.1 Å². The zero-order chi connectivity index (χ0) is 17.1. The maximum atomic E-state index is 12.6. The zero-order valence-electron chi connectivity index (χ0n) is 14.6. The average molecular weight is 324 g/mol. The number of aromatic nitrogens is 2. The minimum Gasteiger partial charge on any atom is -0.371 e. The van der Waals surface area contributed by atoms with Crippen LogP contribution in [0.1, 0.15) is 28.3 Å². The summed E-state index contributed by atoms with van der Waals surface area (Å²) in [6.45, 7) is 6.49. The maximum Gasteiger partial charge on any atom is 0.257 e. The van der Waals surface area contributed by atoms with Crippen molar-refractivity contribution < 1.29 is 4.79 Å². The van der Waals surface area contributed by atoms with Crippen molar-refractivity contribution in [2.24, 2.45) is 5.92 Å². The maximum absolute atomic E-state index is 12.6. The summed E-state index contributed by atoms with van der Waals surface area (Å²) in [6, 6.07) is 10.5. The van der Waals surface area contributed by atoms with E-state index in [0.717, 1.165) is 31.7 Å². The molecular formula is C19H24N4O. The number of aryl methyl sites for hydroxylation is 2. The summed E-state index contributed by atoms with van der Waals surface area (Å²) in [5.41, 5.74) is 2.61. The van der Waals surface area contributed by atoms with Gasteiger partial charge in [0.05, 0.1) is 11.3 Å². The van der Waals surface area contributed by atoms with Crippen molar-refractivity contribution in [2.45, 2.75) is 20.3 Å². The normalized spacial score (nSPS) is 17.1. The van der Waals surface area contributed by atoms with E-state index in [9.17, 15) is 4.79 Å². The third-order valence-electron chi connectivity index (χ3n) is 4.62. The van der Waals surface area contributed by atoms with Crippen LogP contribution in [0.25, 0.3) is 0 Å². The van der Waals surface area contributed by atoms with Crippen LogP contribution in [-0.4, -0.2) is 47.5 Å². The van der Waals surface area contributed by atoms with E-state index in [4.69, 9.17) is 0 Å². The lowest BCUT2D eigenvalue weighted by molar-refractivity contribution is 0.0774. The highest BCUT2D eigenvalue weighted by Gasteiger charge is 2.26. The minimum absolute atomic E-state index is 0.00524. The fraction of sp³-hybridized carbons (Fsp3) is 0.421. The van der Waals surface area contributed by atoms with Crippen molar-refractivity contribution in [3.63, 3.8) is 0 Å². The molecule has 1 saturated heterocycles. The van der Waals surface area contributed by atoms with E-state index in [1.807, 2.05) is 27.0 Å². The molecule has 0 spiro atoms. The molecule has 0 N–H and O–H groups in total. The summed E-state index contributed by atoms with van der Waals surface area (Å²) >= 11 is 0. The molecule has 5 nitrogen and oxygen atoms in total. The monoisotopic (exact) mass is 324 g/mol. The van der Waals surface area contributed by atoms with Crippen LogP contribution in [-0.2, 0) is 0 Å². The first kappa shape index (κ1) is 16.4. The Kier molecular flexibility index (Phi) is 4.79. The number of rotatable bonds is 4. The van der Waals surface area contributed by atoms with Gasteiger partial charge in [-0.05, 0) is 38.3 Å². The fourth-order valence-corrected chi connectivity index (χ4v) is 3.32. The molecule has 1 aliphatic heterocycles. The van der Waals surface area contributed by atoms with Crippen molar-refractivity contribution >= 4 is 11.6 Å². The highest BCUT2D eigenvalue weighted by Crippen LogP contribution is 2.24. The number of amides is 1. The van der Waals surface area contributed by atoms with Crippen LogP contribution < -0.4 is 4.90 Å². The second kappa shape index (κ2) is 6.99. The molecule has 3 rings (SSSR count). The van der Waals surface area contributed by atoms with Crippen molar-refractivity contribution in [2.75, 3.05) is 31.6 Å². The van der Waals surface area contributed by atoms with Gasteiger partial charge in [0.25, 0.3) is 5.91 Å². The van der Waals surface area contributed by atoms with Gasteiger partial charge < -0.3 is 9.80 Å². The van der Waals surface area contributed by atoms with Crippen LogP contribution in [0, 0.1) is 19.8 Å². The predicted molar refractivity (Wildman–Crippen MR) is 95.2 cm³/mol. The number of anilines is 1. The molecule has 24 heavy (non-hydrogen) atoms. The minimum atomic E-state index is 0.00524. The van der Waals surface area contributed by atoms with Gasteiger partial charge in [-0.3, -0.25) is 4.79 Å². The lowest BCUT2D eigenvalue weighted by Crippen LogP contribution is -2.33. The van der Waals surface area contributed by atoms with Crippen LogP contribution in [0.5, 0.6) is 0 Å². The summed E-state index contributed by atoms with van der Waals surface area (Å²) in [4.78, 5) is 25.3. The second-order valence-corrected chi connectivity index (χ2v) is 6.54. The molecular weight excluding hydrogens is 300 g/mol. The summed E-state index contributed by atoms with van der Waals surface area (Å²) in [7, 11) is 1.87. The Morgan fingerprint density at radius 3 is 2.75 bits per heavy atom. The summed E-state index contributed by atoms with van der Waals surface area (Å²) < 4.78 is 0. The summed E-state index contributed by atoms with van der Waals surface area (Å²) in [6.07, 6.45) is 2.75. The van der Waals surface area contributed by atoms with Crippen LogP contribution in [0.4, 0.5) is 5.69 Å². The molecule has 1 atom stereocenters. The fourth-order valence-electron chi connectivity index (χ4n) is 3.32. The molecule has 2 heterocycles. The molecule has 0 bridgehead atoms. The largest absolute Gasteiger partial charge is 0.371 e. The third-order valence-corrected chi connectivity index (χ3v) is 4.62. The molecule has 126 valence electrons. The Hall–Kier alpha value is -2.43. The first-order valence-electron chi connectivity index (χ1n) is 8.40. The van der Waals surface area contributed by atoms with Gasteiger partial charge in [0.2, 0.25) is 0 Å². The van der Waals surface area contributed by atoms with Crippen LogP contribution in [0.15, 0.2) is 36.5 Å². The topological polar surface area (TPSA) is 49.3 Å². The van der Waals surface area contributed by atoms with Crippen LogP contribution in [0.2, 0.25) is 0 Å². The van der Waals surface area contributed by atoms with Crippen LogP contribution >= 0.6 is 0 Å². The average Bonchev–Trinajstić information content (AvgIpc) is 3.03. The number of nitrogens with zero attached hydrogens (tertiary/aromatic N) is 4. The predicted octanol–water partition coefficient (Wildman–Crippen LogP) is 2.69. The molecule has 1 aromatic heterocycles. The Morgan fingerprint density at radius 1 is 1.29 bits per heavy atom. The molecule has 2 aromatic rings. The Bertz CT molecular complexity index is 717. The molecule has 1 amide bonds. The Labute approximate surface area is 143 Å². The highest BCUT2D eigenvalue weighted by molar-refractivity contribution is 5.94. The van der Waals surface area contributed by atoms with Gasteiger partial charge in [0.1, 0.15) is 5.82 Å². The van der Waals surface area contributed by atoms with Gasteiger partial charge in [0, 0.05) is 38.6 Å². The number of hydrogen-bond acceptors (Lipinski definition) is 4. The quantitative estimate of drug-likeness (QED) is 0.867. The molecule has 0 unspecified atom stereocenters. The van der Waals surface area contributed by atoms with Gasteiger partial charge in [-0.15, -0.1) is 0 Å². The Balaban J connectivity index is 1.61. The van der Waals surface area contributed by atoms with Crippen LogP contribution in [0.3, 0.4) is 0 Å². The number of carbonyl (C=O) groups excluding carboxylic acids is 1. The lowest BCUT2D eigenvalue weighted by Gasteiger charge is -2.23. The van der Waals surface area contributed by atoms with E-state index in [0.29, 0.717) is 17.3 Å². The van der Waals surface area contributed by atoms with E-state index < -0.39 is 0 Å². The van der Waals surface area contributed by atoms with Crippen molar-refractivity contribution in [1.29, 1.82) is 0 Å². The first-order chi connectivity index (χ1) is 11.5. The zero-order valence-corrected chi connectivity index (χ0v) is 14.6. The van der Waals surface area contributed by atoms with Gasteiger partial charge in [-0.2, -0.15) is 0 Å². The molecule has 1 aromatic carbocycles. The SMILES string of the molecule is Cc1ncc(C(=O)N(C)C[C@@H]2CCN(c3ccccc3)C2)c(C)n1. The summed E-state index contributed by atoms with van der Waals surface area (Å²) in [5.74, 6) is 1.19. The highest BCUT2D eigenvalue weighted by atomic mass is 16.2. The van der Waals surface area contributed by atoms with Gasteiger partial charge in [-0.25, -0.2) is 9.97 Å². The molecule has 5 heteroatoms. The molecule has 0 aliphatic carbocycles. The van der Waals surface area contributed by atoms with Crippen molar-refractivity contribution in [3.8, 4) is 0 Å². The number of carbonyl (C=O) groups is 1. The van der Waals surface area contributed by atoms with Gasteiger partial charge >= 0.3 is 0 Å². The molecule has 0 saturated carbocycles. The van der Waals surface area contributed by atoms with Crippen molar-refractivity contribution in [1.82, 2.24) is 14.9 Å². The second-order valence-electron chi connectivity index (χ2n) is 6.54. The number of hydrogen-bond donors (Lipinski definition) is 0. The van der Waals surface area contributed by atoms with E-state index >= 15 is 0 Å². The molecule has 0 radical (unpaired) electrons. The van der Waals surface area contributed by atoms with E-state index in [-0.39, 0.29) is 5.91 Å². The van der Waals surface area contributed by atoms with Crippen molar-refractivity contribution in [3.05, 3.63) is 53.6 Å². The molecule has 1 aliphatic rings. The summed E-state index contributed by atoms with van der Waals surface area (Å²) in [5, 5.41) is 0. The van der Waals surface area contributed by atoms with Gasteiger partial charge in [-0.1, -0.05) is 18.2 Å². The molecule has 1 fully saturated rings. The third kappa shape index (κ3) is 3.55. The van der Waals surface area contributed by atoms with E-state index in [1.165, 1.54) is 5.69 Å². The van der Waals surface area contributed by atoms with Gasteiger partial charge in [0.15, 0.2) is 0 Å². The lowest BCUT2D eigenvalue weighted by atomic mass is 10.1. The Morgan fingerprint density at radius 2 is 2.04 bits per heavy atom.